The van der Waals surface area contributed by atoms with Gasteiger partial charge in [0.25, 0.3) is 0 Å². The summed E-state index contributed by atoms with van der Waals surface area (Å²) in [5.74, 6) is 0.703. The molecule has 3 heterocycles. The Balaban J connectivity index is 1.61. The van der Waals surface area contributed by atoms with Gasteiger partial charge in [0.15, 0.2) is 11.3 Å². The summed E-state index contributed by atoms with van der Waals surface area (Å²) in [6.07, 6.45) is 0.173. The van der Waals surface area contributed by atoms with Gasteiger partial charge in [0.05, 0.1) is 18.6 Å². The highest BCUT2D eigenvalue weighted by Gasteiger charge is 2.25. The quantitative estimate of drug-likeness (QED) is 0.534. The van der Waals surface area contributed by atoms with Crippen LogP contribution in [0.4, 0.5) is 0 Å². The van der Waals surface area contributed by atoms with Crippen molar-refractivity contribution in [3.63, 3.8) is 0 Å². The van der Waals surface area contributed by atoms with E-state index in [0.717, 1.165) is 0 Å². The van der Waals surface area contributed by atoms with Gasteiger partial charge in [-0.15, -0.1) is 0 Å². The largest absolute Gasteiger partial charge is 0.507 e. The van der Waals surface area contributed by atoms with E-state index in [4.69, 9.17) is 23.4 Å². The number of para-hydroxylation sites is 1. The molecule has 134 valence electrons. The number of ether oxygens (including phenoxy) is 4. The molecule has 1 N–H and O–H groups in total. The minimum atomic E-state index is -0.316. The molecule has 1 aromatic heterocycles. The van der Waals surface area contributed by atoms with Crippen LogP contribution in [0.1, 0.15) is 0 Å². The van der Waals surface area contributed by atoms with Gasteiger partial charge in [-0.25, -0.2) is 0 Å². The highest BCUT2D eigenvalue weighted by Crippen LogP contribution is 2.34. The van der Waals surface area contributed by atoms with Gasteiger partial charge in [-0.1, -0.05) is 6.07 Å². The first kappa shape index (κ1) is 15.5. The van der Waals surface area contributed by atoms with Crippen molar-refractivity contribution in [3.8, 4) is 17.2 Å². The summed E-state index contributed by atoms with van der Waals surface area (Å²) in [5.41, 5.74) is 0.268. The predicted octanol–water partition coefficient (Wildman–Crippen LogP) is 2.21. The number of fused-ring (bicyclic) bond motifs is 2. The maximum absolute atomic E-state index is 12.8. The van der Waals surface area contributed by atoms with Gasteiger partial charge in [0.2, 0.25) is 5.43 Å². The minimum absolute atomic E-state index is 0.0843. The van der Waals surface area contributed by atoms with E-state index in [0.29, 0.717) is 48.9 Å². The molecule has 7 heteroatoms. The molecule has 7 nitrogen and oxygen atoms in total. The van der Waals surface area contributed by atoms with Crippen LogP contribution in [-0.2, 0) is 9.47 Å². The Morgan fingerprint density at radius 1 is 1.08 bits per heavy atom. The molecular weight excluding hydrogens is 340 g/mol. The molecule has 0 amide bonds. The Kier molecular flexibility index (Phi) is 3.51. The smallest absolute Gasteiger partial charge is 0.204 e. The van der Waals surface area contributed by atoms with Crippen molar-refractivity contribution in [1.82, 2.24) is 0 Å². The number of hydrogen-bond donors (Lipinski definition) is 1. The highest BCUT2D eigenvalue weighted by atomic mass is 16.6. The number of aromatic hydroxyl groups is 1. The van der Waals surface area contributed by atoms with E-state index in [-0.39, 0.29) is 34.4 Å². The minimum Gasteiger partial charge on any atom is -0.507 e. The van der Waals surface area contributed by atoms with E-state index in [1.54, 1.807) is 24.3 Å². The number of rotatable bonds is 6. The van der Waals surface area contributed by atoms with E-state index in [9.17, 15) is 9.90 Å². The van der Waals surface area contributed by atoms with Crippen molar-refractivity contribution >= 4 is 21.9 Å². The number of phenols is 1. The third-order valence-corrected chi connectivity index (χ3v) is 4.38. The van der Waals surface area contributed by atoms with Crippen LogP contribution in [0.25, 0.3) is 21.9 Å². The molecule has 2 aromatic carbocycles. The summed E-state index contributed by atoms with van der Waals surface area (Å²) in [6.45, 7) is 2.14. The summed E-state index contributed by atoms with van der Waals surface area (Å²) in [5, 5.41) is 10.8. The zero-order chi connectivity index (χ0) is 17.7. The summed E-state index contributed by atoms with van der Waals surface area (Å²) >= 11 is 0. The Labute approximate surface area is 147 Å². The first-order valence-electron chi connectivity index (χ1n) is 8.40. The van der Waals surface area contributed by atoms with Gasteiger partial charge < -0.3 is 28.5 Å². The monoisotopic (exact) mass is 356 g/mol. The maximum atomic E-state index is 12.8. The van der Waals surface area contributed by atoms with E-state index in [1.807, 2.05) is 0 Å². The predicted molar refractivity (Wildman–Crippen MR) is 92.1 cm³/mol. The molecule has 0 aliphatic carbocycles. The van der Waals surface area contributed by atoms with Crippen LogP contribution in [0.15, 0.2) is 39.5 Å². The lowest BCUT2D eigenvalue weighted by Crippen LogP contribution is -2.08. The molecule has 2 unspecified atom stereocenters. The second-order valence-electron chi connectivity index (χ2n) is 6.41. The normalized spacial score (nSPS) is 21.1. The van der Waals surface area contributed by atoms with Crippen LogP contribution >= 0.6 is 0 Å². The van der Waals surface area contributed by atoms with Gasteiger partial charge >= 0.3 is 0 Å². The van der Waals surface area contributed by atoms with E-state index in [2.05, 4.69) is 0 Å². The Morgan fingerprint density at radius 3 is 2.54 bits per heavy atom. The van der Waals surface area contributed by atoms with Crippen molar-refractivity contribution in [2.75, 3.05) is 26.4 Å². The molecule has 2 saturated heterocycles. The topological polar surface area (TPSA) is 94.0 Å². The standard InChI is InChI=1S/C19H16O7/c20-14-4-10(22-6-11-7-23-11)5-16-17(14)18(21)13-2-1-3-15(19(13)26-16)25-9-12-8-24-12/h1-5,11-12,20H,6-9H2. The second kappa shape index (κ2) is 5.89. The van der Waals surface area contributed by atoms with Crippen LogP contribution in [0.3, 0.4) is 0 Å². The van der Waals surface area contributed by atoms with Gasteiger partial charge in [0, 0.05) is 12.1 Å². The van der Waals surface area contributed by atoms with Crippen LogP contribution < -0.4 is 14.9 Å². The molecule has 0 bridgehead atoms. The average molecular weight is 356 g/mol. The SMILES string of the molecule is O=c1c2cccc(OCC3CO3)c2oc2cc(OCC3CO3)cc(O)c12. The first-order chi connectivity index (χ1) is 12.7. The van der Waals surface area contributed by atoms with E-state index < -0.39 is 0 Å². The van der Waals surface area contributed by atoms with Crippen molar-refractivity contribution in [2.45, 2.75) is 12.2 Å². The fraction of sp³-hybridized carbons (Fsp3) is 0.316. The molecule has 3 aromatic rings. The van der Waals surface area contributed by atoms with Gasteiger partial charge in [-0.2, -0.15) is 0 Å². The molecule has 0 radical (unpaired) electrons. The number of epoxide rings is 2. The van der Waals surface area contributed by atoms with Crippen LogP contribution in [0.2, 0.25) is 0 Å². The van der Waals surface area contributed by atoms with E-state index >= 15 is 0 Å². The molecular formula is C19H16O7. The van der Waals surface area contributed by atoms with Crippen LogP contribution in [0, 0.1) is 0 Å². The maximum Gasteiger partial charge on any atom is 0.204 e. The molecule has 0 spiro atoms. The van der Waals surface area contributed by atoms with Crippen molar-refractivity contribution in [2.24, 2.45) is 0 Å². The summed E-state index contributed by atoms with van der Waals surface area (Å²) in [6, 6.07) is 8.12. The van der Waals surface area contributed by atoms with Crippen molar-refractivity contribution in [3.05, 3.63) is 40.6 Å². The van der Waals surface area contributed by atoms with Crippen LogP contribution in [0.5, 0.6) is 17.2 Å². The molecule has 2 fully saturated rings. The molecule has 26 heavy (non-hydrogen) atoms. The summed E-state index contributed by atoms with van der Waals surface area (Å²) < 4.78 is 27.5. The third kappa shape index (κ3) is 2.85. The van der Waals surface area contributed by atoms with Gasteiger partial charge in [-0.3, -0.25) is 4.79 Å². The molecule has 2 aliphatic rings. The average Bonchev–Trinajstić information content (AvgIpc) is 3.53. The zero-order valence-corrected chi connectivity index (χ0v) is 13.8. The van der Waals surface area contributed by atoms with Gasteiger partial charge in [0.1, 0.15) is 47.9 Å². The lowest BCUT2D eigenvalue weighted by molar-refractivity contribution is 0.261. The fourth-order valence-electron chi connectivity index (χ4n) is 2.83. The Bertz CT molecular complexity index is 1050. The van der Waals surface area contributed by atoms with E-state index in [1.165, 1.54) is 6.07 Å². The molecule has 2 atom stereocenters. The second-order valence-corrected chi connectivity index (χ2v) is 6.41. The molecule has 0 saturated carbocycles. The highest BCUT2D eigenvalue weighted by molar-refractivity contribution is 5.95. The molecule has 2 aliphatic heterocycles. The van der Waals surface area contributed by atoms with Gasteiger partial charge in [-0.05, 0) is 12.1 Å². The number of benzene rings is 2. The summed E-state index contributed by atoms with van der Waals surface area (Å²) in [4.78, 5) is 12.8. The lowest BCUT2D eigenvalue weighted by atomic mass is 10.1. The van der Waals surface area contributed by atoms with Crippen molar-refractivity contribution in [1.29, 1.82) is 0 Å². The number of phenolic OH excluding ortho intramolecular Hbond substituents is 1. The lowest BCUT2D eigenvalue weighted by Gasteiger charge is -2.10. The van der Waals surface area contributed by atoms with Crippen molar-refractivity contribution < 1.29 is 28.5 Å². The third-order valence-electron chi connectivity index (χ3n) is 4.38. The first-order valence-corrected chi connectivity index (χ1v) is 8.40. The summed E-state index contributed by atoms with van der Waals surface area (Å²) in [7, 11) is 0. The Morgan fingerprint density at radius 2 is 1.81 bits per heavy atom. The zero-order valence-electron chi connectivity index (χ0n) is 13.8. The number of hydrogen-bond acceptors (Lipinski definition) is 7. The molecule has 5 rings (SSSR count). The van der Waals surface area contributed by atoms with Crippen LogP contribution in [-0.4, -0.2) is 43.7 Å². The Hall–Kier alpha value is -2.77. The fourth-order valence-corrected chi connectivity index (χ4v) is 2.83.